The Balaban J connectivity index is 2.01. The van der Waals surface area contributed by atoms with Gasteiger partial charge in [-0.15, -0.1) is 0 Å². The van der Waals surface area contributed by atoms with E-state index < -0.39 is 0 Å². The highest BCUT2D eigenvalue weighted by Crippen LogP contribution is 2.44. The summed E-state index contributed by atoms with van der Waals surface area (Å²) in [5.41, 5.74) is 2.23. The maximum Gasteiger partial charge on any atom is 0.214 e. The van der Waals surface area contributed by atoms with E-state index in [0.29, 0.717) is 0 Å². The smallest absolute Gasteiger partial charge is 0.214 e. The van der Waals surface area contributed by atoms with Gasteiger partial charge in [0.25, 0.3) is 0 Å². The van der Waals surface area contributed by atoms with Gasteiger partial charge >= 0.3 is 0 Å². The number of carbonyl (C=O) groups is 1. The number of carbonyl (C=O) groups excluding carboxylic acids is 1. The summed E-state index contributed by atoms with van der Waals surface area (Å²) >= 11 is 0. The molecule has 4 heteroatoms. The minimum absolute atomic E-state index is 0.101. The van der Waals surface area contributed by atoms with E-state index >= 15 is 0 Å². The van der Waals surface area contributed by atoms with Gasteiger partial charge in [0.15, 0.2) is 0 Å². The van der Waals surface area contributed by atoms with Crippen LogP contribution in [0, 0.1) is 0 Å². The van der Waals surface area contributed by atoms with Gasteiger partial charge in [0.2, 0.25) is 6.41 Å². The molecule has 4 nitrogen and oxygen atoms in total. The first-order valence-electron chi connectivity index (χ1n) is 6.11. The number of fused-ring (bicyclic) bond motifs is 2. The average molecular weight is 231 g/mol. The first kappa shape index (κ1) is 10.7. The summed E-state index contributed by atoms with van der Waals surface area (Å²) in [4.78, 5) is 19.8. The molecule has 2 aliphatic heterocycles. The average Bonchev–Trinajstić information content (AvgIpc) is 2.68. The van der Waals surface area contributed by atoms with E-state index in [1.165, 1.54) is 0 Å². The lowest BCUT2D eigenvalue weighted by Gasteiger charge is -2.37. The topological polar surface area (TPSA) is 36.4 Å². The van der Waals surface area contributed by atoms with Crippen LogP contribution in [0.4, 0.5) is 5.69 Å². The molecule has 0 atom stereocenters. The van der Waals surface area contributed by atoms with E-state index in [1.54, 1.807) is 0 Å². The minimum atomic E-state index is 0.101. The molecule has 2 aliphatic rings. The van der Waals surface area contributed by atoms with Crippen LogP contribution in [0.15, 0.2) is 18.3 Å². The van der Waals surface area contributed by atoms with E-state index in [9.17, 15) is 4.79 Å². The molecule has 0 aliphatic carbocycles. The molecule has 1 aromatic heterocycles. The number of nitrogens with zero attached hydrogens (tertiary/aromatic N) is 3. The largest absolute Gasteiger partial charge is 0.312 e. The summed E-state index contributed by atoms with van der Waals surface area (Å²) in [7, 11) is 2.15. The number of likely N-dealkylation sites (tertiary alicyclic amines) is 1. The molecule has 1 amide bonds. The summed E-state index contributed by atoms with van der Waals surface area (Å²) < 4.78 is 0. The third-order valence-electron chi connectivity index (χ3n) is 4.14. The standard InChI is InChI=1S/C13H17N3O/c1-15-7-4-13(5-8-15)9-16(10-17)11-3-2-6-14-12(11)13/h2-3,6,10H,4-5,7-9H2,1H3. The molecule has 1 aromatic rings. The molecule has 0 aromatic carbocycles. The van der Waals surface area contributed by atoms with Crippen LogP contribution in [0.3, 0.4) is 0 Å². The fourth-order valence-electron chi connectivity index (χ4n) is 3.06. The minimum Gasteiger partial charge on any atom is -0.312 e. The van der Waals surface area contributed by atoms with Crippen molar-refractivity contribution in [2.75, 3.05) is 31.6 Å². The Kier molecular flexibility index (Phi) is 2.40. The van der Waals surface area contributed by atoms with Crippen LogP contribution in [0.25, 0.3) is 0 Å². The lowest BCUT2D eigenvalue weighted by molar-refractivity contribution is -0.107. The highest BCUT2D eigenvalue weighted by molar-refractivity contribution is 5.80. The Labute approximate surface area is 101 Å². The number of hydrogen-bond donors (Lipinski definition) is 0. The Morgan fingerprint density at radius 1 is 1.41 bits per heavy atom. The Bertz CT molecular complexity index is 438. The first-order valence-corrected chi connectivity index (χ1v) is 6.11. The van der Waals surface area contributed by atoms with Crippen LogP contribution < -0.4 is 4.90 Å². The van der Waals surface area contributed by atoms with Gasteiger partial charge in [-0.3, -0.25) is 9.78 Å². The lowest BCUT2D eigenvalue weighted by Crippen LogP contribution is -2.43. The van der Waals surface area contributed by atoms with Crippen LogP contribution in [0.5, 0.6) is 0 Å². The van der Waals surface area contributed by atoms with Gasteiger partial charge in [-0.25, -0.2) is 0 Å². The van der Waals surface area contributed by atoms with E-state index in [0.717, 1.165) is 50.3 Å². The molecule has 0 bridgehead atoms. The molecule has 3 heterocycles. The van der Waals surface area contributed by atoms with Crippen molar-refractivity contribution in [2.45, 2.75) is 18.3 Å². The van der Waals surface area contributed by atoms with Gasteiger partial charge < -0.3 is 9.80 Å². The maximum atomic E-state index is 11.1. The van der Waals surface area contributed by atoms with Gasteiger partial charge in [0, 0.05) is 18.2 Å². The highest BCUT2D eigenvalue weighted by Gasteiger charge is 2.45. The SMILES string of the molecule is CN1CCC2(CC1)CN(C=O)c1cccnc12. The second kappa shape index (κ2) is 3.81. The molecular formula is C13H17N3O. The molecule has 0 radical (unpaired) electrons. The fourth-order valence-corrected chi connectivity index (χ4v) is 3.06. The van der Waals surface area contributed by atoms with Crippen molar-refractivity contribution >= 4 is 12.1 Å². The van der Waals surface area contributed by atoms with Gasteiger partial charge in [-0.1, -0.05) is 0 Å². The predicted molar refractivity (Wildman–Crippen MR) is 66.1 cm³/mol. The molecule has 90 valence electrons. The number of anilines is 1. The number of piperidine rings is 1. The zero-order chi connectivity index (χ0) is 11.9. The number of pyridine rings is 1. The van der Waals surface area contributed by atoms with Gasteiger partial charge in [-0.05, 0) is 45.1 Å². The third-order valence-corrected chi connectivity index (χ3v) is 4.14. The Hall–Kier alpha value is -1.42. The third kappa shape index (κ3) is 1.55. The number of aromatic nitrogens is 1. The van der Waals surface area contributed by atoms with Gasteiger partial charge in [0.05, 0.1) is 11.4 Å². The molecule has 1 fully saturated rings. The van der Waals surface area contributed by atoms with Gasteiger partial charge in [-0.2, -0.15) is 0 Å². The van der Waals surface area contributed by atoms with Crippen LogP contribution in [-0.4, -0.2) is 43.0 Å². The molecule has 17 heavy (non-hydrogen) atoms. The highest BCUT2D eigenvalue weighted by atomic mass is 16.1. The normalized spacial score (nSPS) is 22.8. The molecule has 1 saturated heterocycles. The summed E-state index contributed by atoms with van der Waals surface area (Å²) in [6, 6.07) is 3.91. The zero-order valence-corrected chi connectivity index (χ0v) is 10.1. The van der Waals surface area contributed by atoms with Crippen molar-refractivity contribution in [2.24, 2.45) is 0 Å². The van der Waals surface area contributed by atoms with Crippen molar-refractivity contribution in [3.63, 3.8) is 0 Å². The van der Waals surface area contributed by atoms with Crippen LogP contribution in [0.2, 0.25) is 0 Å². The van der Waals surface area contributed by atoms with Crippen molar-refractivity contribution in [3.05, 3.63) is 24.0 Å². The van der Waals surface area contributed by atoms with Crippen LogP contribution >= 0.6 is 0 Å². The molecule has 3 rings (SSSR count). The Morgan fingerprint density at radius 3 is 2.88 bits per heavy atom. The lowest BCUT2D eigenvalue weighted by atomic mass is 9.77. The van der Waals surface area contributed by atoms with E-state index in [-0.39, 0.29) is 5.41 Å². The van der Waals surface area contributed by atoms with E-state index in [2.05, 4.69) is 16.9 Å². The summed E-state index contributed by atoms with van der Waals surface area (Å²) in [5, 5.41) is 0. The van der Waals surface area contributed by atoms with Gasteiger partial charge in [0.1, 0.15) is 0 Å². The van der Waals surface area contributed by atoms with Crippen molar-refractivity contribution < 1.29 is 4.79 Å². The zero-order valence-electron chi connectivity index (χ0n) is 10.1. The van der Waals surface area contributed by atoms with E-state index in [1.807, 2.05) is 23.2 Å². The van der Waals surface area contributed by atoms with Crippen molar-refractivity contribution in [3.8, 4) is 0 Å². The van der Waals surface area contributed by atoms with Crippen molar-refractivity contribution in [1.29, 1.82) is 0 Å². The molecule has 1 spiro atoms. The van der Waals surface area contributed by atoms with Crippen molar-refractivity contribution in [1.82, 2.24) is 9.88 Å². The van der Waals surface area contributed by atoms with E-state index in [4.69, 9.17) is 0 Å². The summed E-state index contributed by atoms with van der Waals surface area (Å²) in [6.07, 6.45) is 4.97. The first-order chi connectivity index (χ1) is 8.25. The molecule has 0 unspecified atom stereocenters. The summed E-state index contributed by atoms with van der Waals surface area (Å²) in [6.45, 7) is 2.97. The Morgan fingerprint density at radius 2 is 2.18 bits per heavy atom. The number of amides is 1. The van der Waals surface area contributed by atoms with Crippen LogP contribution in [0.1, 0.15) is 18.5 Å². The molecular weight excluding hydrogens is 214 g/mol. The predicted octanol–water partition coefficient (Wildman–Crippen LogP) is 1.02. The molecule has 0 N–H and O–H groups in total. The fraction of sp³-hybridized carbons (Fsp3) is 0.538. The maximum absolute atomic E-state index is 11.1. The summed E-state index contributed by atoms with van der Waals surface area (Å²) in [5.74, 6) is 0. The molecule has 0 saturated carbocycles. The number of hydrogen-bond acceptors (Lipinski definition) is 3. The van der Waals surface area contributed by atoms with Crippen LogP contribution in [-0.2, 0) is 10.2 Å². The second-order valence-corrected chi connectivity index (χ2v) is 5.19. The second-order valence-electron chi connectivity index (χ2n) is 5.19. The number of rotatable bonds is 1. The monoisotopic (exact) mass is 231 g/mol. The quantitative estimate of drug-likeness (QED) is 0.677.